The molecule has 0 radical (unpaired) electrons. The van der Waals surface area contributed by atoms with Crippen LogP contribution in [0.25, 0.3) is 5.69 Å². The number of aromatic nitrogens is 3. The van der Waals surface area contributed by atoms with Gasteiger partial charge in [0.25, 0.3) is 5.91 Å². The second-order valence-electron chi connectivity index (χ2n) is 5.15. The highest BCUT2D eigenvalue weighted by Crippen LogP contribution is 2.30. The van der Waals surface area contributed by atoms with E-state index in [4.69, 9.17) is 0 Å². The molecule has 1 aromatic heterocycles. The molecule has 1 aromatic carbocycles. The quantitative estimate of drug-likeness (QED) is 0.867. The summed E-state index contributed by atoms with van der Waals surface area (Å²) in [6.07, 6.45) is 5.61. The van der Waals surface area contributed by atoms with Gasteiger partial charge < -0.3 is 10.4 Å². The summed E-state index contributed by atoms with van der Waals surface area (Å²) in [5.74, 6) is -0.171. The van der Waals surface area contributed by atoms with Crippen LogP contribution in [0.4, 0.5) is 0 Å². The molecule has 0 spiro atoms. The molecule has 1 fully saturated rings. The van der Waals surface area contributed by atoms with Gasteiger partial charge in [0.15, 0.2) is 0 Å². The van der Waals surface area contributed by atoms with Gasteiger partial charge in [-0.15, -0.1) is 0 Å². The van der Waals surface area contributed by atoms with Gasteiger partial charge in [-0.2, -0.15) is 5.10 Å². The maximum absolute atomic E-state index is 12.0. The fourth-order valence-corrected chi connectivity index (χ4v) is 2.22. The lowest BCUT2D eigenvalue weighted by molar-refractivity contribution is -0.0300. The Balaban J connectivity index is 1.63. The predicted octanol–water partition coefficient (Wildman–Crippen LogP) is 0.912. The van der Waals surface area contributed by atoms with E-state index in [-0.39, 0.29) is 5.91 Å². The minimum Gasteiger partial charge on any atom is -0.388 e. The van der Waals surface area contributed by atoms with Crippen LogP contribution < -0.4 is 5.32 Å². The number of amides is 1. The lowest BCUT2D eigenvalue weighted by Gasteiger charge is -2.36. The molecule has 1 amide bonds. The second kappa shape index (κ2) is 5.05. The molecule has 6 heteroatoms. The largest absolute Gasteiger partial charge is 0.388 e. The maximum atomic E-state index is 12.0. The van der Waals surface area contributed by atoms with Crippen LogP contribution in [-0.2, 0) is 0 Å². The predicted molar refractivity (Wildman–Crippen MR) is 72.5 cm³/mol. The van der Waals surface area contributed by atoms with Crippen molar-refractivity contribution in [1.82, 2.24) is 20.1 Å². The van der Waals surface area contributed by atoms with Gasteiger partial charge in [-0.3, -0.25) is 4.79 Å². The summed E-state index contributed by atoms with van der Waals surface area (Å²) >= 11 is 0. The summed E-state index contributed by atoms with van der Waals surface area (Å²) < 4.78 is 1.62. The molecule has 104 valence electrons. The summed E-state index contributed by atoms with van der Waals surface area (Å²) in [6.45, 7) is 0.316. The number of hydrogen-bond acceptors (Lipinski definition) is 4. The van der Waals surface area contributed by atoms with Gasteiger partial charge in [-0.05, 0) is 43.5 Å². The number of rotatable bonds is 4. The molecular weight excluding hydrogens is 256 g/mol. The van der Waals surface area contributed by atoms with E-state index in [0.717, 1.165) is 24.9 Å². The molecule has 0 atom stereocenters. The highest BCUT2D eigenvalue weighted by Gasteiger charge is 2.34. The Kier molecular flexibility index (Phi) is 3.23. The van der Waals surface area contributed by atoms with Crippen molar-refractivity contribution in [3.05, 3.63) is 42.5 Å². The molecule has 2 aromatic rings. The van der Waals surface area contributed by atoms with Crippen LogP contribution in [0.15, 0.2) is 36.9 Å². The highest BCUT2D eigenvalue weighted by molar-refractivity contribution is 5.94. The van der Waals surface area contributed by atoms with Gasteiger partial charge in [0.05, 0.1) is 11.3 Å². The number of benzene rings is 1. The van der Waals surface area contributed by atoms with Crippen LogP contribution in [-0.4, -0.2) is 37.9 Å². The van der Waals surface area contributed by atoms with Crippen molar-refractivity contribution >= 4 is 5.91 Å². The first-order valence-electron chi connectivity index (χ1n) is 6.62. The van der Waals surface area contributed by atoms with Crippen molar-refractivity contribution in [3.8, 4) is 5.69 Å². The minimum absolute atomic E-state index is 0.171. The van der Waals surface area contributed by atoms with Gasteiger partial charge in [-0.25, -0.2) is 9.67 Å². The number of hydrogen-bond donors (Lipinski definition) is 2. The minimum atomic E-state index is -0.698. The van der Waals surface area contributed by atoms with Crippen LogP contribution in [0.1, 0.15) is 29.6 Å². The molecule has 1 heterocycles. The maximum Gasteiger partial charge on any atom is 0.251 e. The Labute approximate surface area is 116 Å². The average Bonchev–Trinajstić information content (AvgIpc) is 2.97. The van der Waals surface area contributed by atoms with Gasteiger partial charge >= 0.3 is 0 Å². The zero-order valence-electron chi connectivity index (χ0n) is 11.0. The number of nitrogens with zero attached hydrogens (tertiary/aromatic N) is 3. The fourth-order valence-electron chi connectivity index (χ4n) is 2.22. The smallest absolute Gasteiger partial charge is 0.251 e. The highest BCUT2D eigenvalue weighted by atomic mass is 16.3. The summed E-state index contributed by atoms with van der Waals surface area (Å²) in [6, 6.07) is 7.08. The summed E-state index contributed by atoms with van der Waals surface area (Å²) in [7, 11) is 0. The first-order chi connectivity index (χ1) is 9.66. The SMILES string of the molecule is O=C(NCC1(O)CCC1)c1ccc(-n2cncn2)cc1. The van der Waals surface area contributed by atoms with Crippen LogP contribution in [0, 0.1) is 0 Å². The third kappa shape index (κ3) is 2.55. The average molecular weight is 272 g/mol. The molecule has 3 rings (SSSR count). The molecule has 0 aliphatic heterocycles. The van der Waals surface area contributed by atoms with E-state index in [1.807, 2.05) is 12.1 Å². The second-order valence-corrected chi connectivity index (χ2v) is 5.15. The zero-order chi connectivity index (χ0) is 14.0. The van der Waals surface area contributed by atoms with Crippen LogP contribution in [0.2, 0.25) is 0 Å². The first kappa shape index (κ1) is 12.8. The lowest BCUT2D eigenvalue weighted by Crippen LogP contribution is -2.47. The number of aliphatic hydroxyl groups is 1. The van der Waals surface area contributed by atoms with E-state index in [0.29, 0.717) is 12.1 Å². The number of nitrogens with one attached hydrogen (secondary N) is 1. The Bertz CT molecular complexity index is 588. The van der Waals surface area contributed by atoms with E-state index in [1.165, 1.54) is 6.33 Å². The van der Waals surface area contributed by atoms with Gasteiger partial charge in [0, 0.05) is 12.1 Å². The fraction of sp³-hybridized carbons (Fsp3) is 0.357. The van der Waals surface area contributed by atoms with E-state index < -0.39 is 5.60 Å². The number of carbonyl (C=O) groups is 1. The van der Waals surface area contributed by atoms with E-state index >= 15 is 0 Å². The van der Waals surface area contributed by atoms with E-state index in [2.05, 4.69) is 15.4 Å². The monoisotopic (exact) mass is 272 g/mol. The zero-order valence-corrected chi connectivity index (χ0v) is 11.0. The Hall–Kier alpha value is -2.21. The van der Waals surface area contributed by atoms with Crippen molar-refractivity contribution in [2.45, 2.75) is 24.9 Å². The van der Waals surface area contributed by atoms with Crippen molar-refractivity contribution in [2.24, 2.45) is 0 Å². The third-order valence-corrected chi connectivity index (χ3v) is 3.68. The van der Waals surface area contributed by atoms with Crippen molar-refractivity contribution in [3.63, 3.8) is 0 Å². The Morgan fingerprint density at radius 3 is 2.65 bits per heavy atom. The van der Waals surface area contributed by atoms with E-state index in [1.54, 1.807) is 23.1 Å². The molecule has 0 unspecified atom stereocenters. The molecule has 1 aliphatic carbocycles. The molecule has 0 saturated heterocycles. The lowest BCUT2D eigenvalue weighted by atomic mass is 9.80. The summed E-state index contributed by atoms with van der Waals surface area (Å²) in [5.41, 5.74) is 0.713. The van der Waals surface area contributed by atoms with Crippen molar-refractivity contribution in [2.75, 3.05) is 6.54 Å². The van der Waals surface area contributed by atoms with Crippen molar-refractivity contribution < 1.29 is 9.90 Å². The van der Waals surface area contributed by atoms with Gasteiger partial charge in [-0.1, -0.05) is 0 Å². The molecule has 6 nitrogen and oxygen atoms in total. The number of carbonyl (C=O) groups excluding carboxylic acids is 1. The third-order valence-electron chi connectivity index (χ3n) is 3.68. The molecular formula is C14H16N4O2. The normalized spacial score (nSPS) is 16.4. The topological polar surface area (TPSA) is 80.0 Å². The summed E-state index contributed by atoms with van der Waals surface area (Å²) in [5, 5.41) is 16.7. The van der Waals surface area contributed by atoms with Crippen LogP contribution >= 0.6 is 0 Å². The molecule has 0 bridgehead atoms. The molecule has 1 aliphatic rings. The van der Waals surface area contributed by atoms with Crippen LogP contribution in [0.5, 0.6) is 0 Å². The van der Waals surface area contributed by atoms with E-state index in [9.17, 15) is 9.90 Å². The van der Waals surface area contributed by atoms with Gasteiger partial charge in [0.1, 0.15) is 12.7 Å². The summed E-state index contributed by atoms with van der Waals surface area (Å²) in [4.78, 5) is 15.8. The molecule has 20 heavy (non-hydrogen) atoms. The molecule has 1 saturated carbocycles. The standard InChI is InChI=1S/C14H16N4O2/c19-13(16-8-14(20)6-1-7-14)11-2-4-12(5-3-11)18-10-15-9-17-18/h2-5,9-10,20H,1,6-8H2,(H,16,19). The van der Waals surface area contributed by atoms with Crippen molar-refractivity contribution in [1.29, 1.82) is 0 Å². The molecule has 2 N–H and O–H groups in total. The first-order valence-corrected chi connectivity index (χ1v) is 6.62. The van der Waals surface area contributed by atoms with Crippen LogP contribution in [0.3, 0.4) is 0 Å². The Morgan fingerprint density at radius 1 is 1.35 bits per heavy atom. The Morgan fingerprint density at radius 2 is 2.10 bits per heavy atom. The van der Waals surface area contributed by atoms with Gasteiger partial charge in [0.2, 0.25) is 0 Å².